The lowest BCUT2D eigenvalue weighted by Crippen LogP contribution is -2.62. The van der Waals surface area contributed by atoms with E-state index in [1.165, 1.54) is 25.7 Å². The van der Waals surface area contributed by atoms with Gasteiger partial charge in [-0.3, -0.25) is 9.59 Å². The summed E-state index contributed by atoms with van der Waals surface area (Å²) >= 11 is 0. The maximum Gasteiger partial charge on any atom is 0.245 e. The Bertz CT molecular complexity index is 361. The second kappa shape index (κ2) is 6.59. The Kier molecular flexibility index (Phi) is 5.06. The molecule has 0 aromatic heterocycles. The highest BCUT2D eigenvalue weighted by atomic mass is 16.2. The van der Waals surface area contributed by atoms with E-state index in [4.69, 9.17) is 0 Å². The second-order valence-corrected chi connectivity index (χ2v) is 6.59. The van der Waals surface area contributed by atoms with E-state index in [1.807, 2.05) is 13.8 Å². The summed E-state index contributed by atoms with van der Waals surface area (Å²) < 4.78 is 0. The van der Waals surface area contributed by atoms with Crippen LogP contribution in [0.3, 0.4) is 0 Å². The molecule has 2 aliphatic rings. The number of carbonyl (C=O) groups excluding carboxylic acids is 2. The fourth-order valence-electron chi connectivity index (χ4n) is 3.41. The lowest BCUT2D eigenvalue weighted by molar-refractivity contribution is -0.148. The predicted octanol–water partition coefficient (Wildman–Crippen LogP) is 2.33. The van der Waals surface area contributed by atoms with E-state index in [-0.39, 0.29) is 23.9 Å². The van der Waals surface area contributed by atoms with Gasteiger partial charge in [-0.1, -0.05) is 39.5 Å². The van der Waals surface area contributed by atoms with Crippen molar-refractivity contribution in [3.8, 4) is 0 Å². The topological polar surface area (TPSA) is 49.4 Å². The number of rotatable bonds is 4. The third-order valence-corrected chi connectivity index (χ3v) is 5.07. The van der Waals surface area contributed by atoms with Gasteiger partial charge in [0.25, 0.3) is 0 Å². The Balaban J connectivity index is 1.89. The first-order valence-electron chi connectivity index (χ1n) is 8.13. The number of hydrogen-bond acceptors (Lipinski definition) is 2. The fourth-order valence-corrected chi connectivity index (χ4v) is 3.41. The number of amides is 2. The van der Waals surface area contributed by atoms with Gasteiger partial charge < -0.3 is 10.2 Å². The first kappa shape index (κ1) is 15.3. The number of piperazine rings is 1. The molecule has 0 bridgehead atoms. The van der Waals surface area contributed by atoms with Crippen molar-refractivity contribution >= 4 is 11.8 Å². The van der Waals surface area contributed by atoms with E-state index < -0.39 is 0 Å². The molecule has 1 saturated heterocycles. The van der Waals surface area contributed by atoms with Gasteiger partial charge in [-0.15, -0.1) is 0 Å². The molecule has 0 aromatic carbocycles. The summed E-state index contributed by atoms with van der Waals surface area (Å²) in [5, 5.41) is 2.81. The summed E-state index contributed by atoms with van der Waals surface area (Å²) in [4.78, 5) is 26.1. The third kappa shape index (κ3) is 3.33. The van der Waals surface area contributed by atoms with Gasteiger partial charge in [0.05, 0.1) is 0 Å². The maximum absolute atomic E-state index is 12.3. The molecule has 2 amide bonds. The van der Waals surface area contributed by atoms with Crippen molar-refractivity contribution in [3.63, 3.8) is 0 Å². The second-order valence-electron chi connectivity index (χ2n) is 6.59. The van der Waals surface area contributed by atoms with Crippen LogP contribution in [0.5, 0.6) is 0 Å². The normalized spacial score (nSPS) is 35.0. The Morgan fingerprint density at radius 3 is 2.40 bits per heavy atom. The molecule has 2 atom stereocenters. The number of carbonyl (C=O) groups is 2. The quantitative estimate of drug-likeness (QED) is 0.859. The van der Waals surface area contributed by atoms with Crippen LogP contribution in [0.1, 0.15) is 59.3 Å². The highest BCUT2D eigenvalue weighted by molar-refractivity contribution is 5.96. The minimum atomic E-state index is -0.315. The van der Waals surface area contributed by atoms with Crippen molar-refractivity contribution in [3.05, 3.63) is 0 Å². The highest BCUT2D eigenvalue weighted by Crippen LogP contribution is 2.30. The summed E-state index contributed by atoms with van der Waals surface area (Å²) in [6.45, 7) is 6.84. The SMILES string of the molecule is CCC1NC(=O)C(C)N(CCC2CCC(C)CC2)C1=O. The molecular formula is C16H28N2O2. The van der Waals surface area contributed by atoms with Gasteiger partial charge in [0, 0.05) is 6.54 Å². The molecule has 20 heavy (non-hydrogen) atoms. The third-order valence-electron chi connectivity index (χ3n) is 5.07. The maximum atomic E-state index is 12.3. The Morgan fingerprint density at radius 2 is 1.80 bits per heavy atom. The monoisotopic (exact) mass is 280 g/mol. The average molecular weight is 280 g/mol. The van der Waals surface area contributed by atoms with Crippen LogP contribution >= 0.6 is 0 Å². The lowest BCUT2D eigenvalue weighted by Gasteiger charge is -2.38. The molecule has 1 aliphatic carbocycles. The minimum absolute atomic E-state index is 0.00582. The molecule has 0 spiro atoms. The standard InChI is InChI=1S/C16H28N2O2/c1-4-14-16(20)18(12(3)15(19)17-14)10-9-13-7-5-11(2)6-8-13/h11-14H,4-10H2,1-3H3,(H,17,19). The largest absolute Gasteiger partial charge is 0.343 e. The predicted molar refractivity (Wildman–Crippen MR) is 79.1 cm³/mol. The average Bonchev–Trinajstić information content (AvgIpc) is 2.44. The van der Waals surface area contributed by atoms with Crippen LogP contribution in [0.15, 0.2) is 0 Å². The van der Waals surface area contributed by atoms with Crippen LogP contribution < -0.4 is 5.32 Å². The van der Waals surface area contributed by atoms with Gasteiger partial charge in [0.1, 0.15) is 12.1 Å². The molecule has 4 nitrogen and oxygen atoms in total. The molecular weight excluding hydrogens is 252 g/mol. The first-order chi connectivity index (χ1) is 9.52. The van der Waals surface area contributed by atoms with Crippen molar-refractivity contribution in [2.24, 2.45) is 11.8 Å². The molecule has 1 aliphatic heterocycles. The summed E-state index contributed by atoms with van der Waals surface area (Å²) in [5.41, 5.74) is 0. The van der Waals surface area contributed by atoms with Gasteiger partial charge in [0.15, 0.2) is 0 Å². The molecule has 1 N–H and O–H groups in total. The van der Waals surface area contributed by atoms with Crippen LogP contribution in [0.2, 0.25) is 0 Å². The number of nitrogens with zero attached hydrogens (tertiary/aromatic N) is 1. The number of hydrogen-bond donors (Lipinski definition) is 1. The van der Waals surface area contributed by atoms with Crippen LogP contribution in [-0.2, 0) is 9.59 Å². The van der Waals surface area contributed by atoms with Crippen molar-refractivity contribution < 1.29 is 9.59 Å². The van der Waals surface area contributed by atoms with E-state index in [1.54, 1.807) is 4.90 Å². The summed E-state index contributed by atoms with van der Waals surface area (Å²) in [5.74, 6) is 1.69. The Labute approximate surface area is 122 Å². The minimum Gasteiger partial charge on any atom is -0.343 e. The van der Waals surface area contributed by atoms with E-state index in [0.717, 1.165) is 24.8 Å². The molecule has 0 radical (unpaired) electrons. The lowest BCUT2D eigenvalue weighted by atomic mass is 9.81. The van der Waals surface area contributed by atoms with Crippen molar-refractivity contribution in [1.82, 2.24) is 10.2 Å². The first-order valence-corrected chi connectivity index (χ1v) is 8.13. The molecule has 0 aromatic rings. The van der Waals surface area contributed by atoms with Gasteiger partial charge in [0.2, 0.25) is 11.8 Å². The Hall–Kier alpha value is -1.06. The molecule has 2 unspecified atom stereocenters. The zero-order chi connectivity index (χ0) is 14.7. The van der Waals surface area contributed by atoms with Gasteiger partial charge in [-0.2, -0.15) is 0 Å². The van der Waals surface area contributed by atoms with Crippen molar-refractivity contribution in [2.45, 2.75) is 71.4 Å². The zero-order valence-corrected chi connectivity index (χ0v) is 13.0. The van der Waals surface area contributed by atoms with Gasteiger partial charge >= 0.3 is 0 Å². The molecule has 4 heteroatoms. The molecule has 114 valence electrons. The number of nitrogens with one attached hydrogen (secondary N) is 1. The van der Waals surface area contributed by atoms with E-state index in [9.17, 15) is 9.59 Å². The Morgan fingerprint density at radius 1 is 1.15 bits per heavy atom. The van der Waals surface area contributed by atoms with E-state index >= 15 is 0 Å². The van der Waals surface area contributed by atoms with E-state index in [2.05, 4.69) is 12.2 Å². The van der Waals surface area contributed by atoms with Crippen molar-refractivity contribution in [2.75, 3.05) is 6.54 Å². The molecule has 2 fully saturated rings. The zero-order valence-electron chi connectivity index (χ0n) is 13.0. The summed E-state index contributed by atoms with van der Waals surface area (Å²) in [6, 6.07) is -0.627. The fraction of sp³-hybridized carbons (Fsp3) is 0.875. The molecule has 1 heterocycles. The highest BCUT2D eigenvalue weighted by Gasteiger charge is 2.37. The van der Waals surface area contributed by atoms with Crippen molar-refractivity contribution in [1.29, 1.82) is 0 Å². The van der Waals surface area contributed by atoms with Crippen LogP contribution in [0, 0.1) is 11.8 Å². The van der Waals surface area contributed by atoms with Crippen LogP contribution in [-0.4, -0.2) is 35.3 Å². The molecule has 1 saturated carbocycles. The van der Waals surface area contributed by atoms with Crippen LogP contribution in [0.25, 0.3) is 0 Å². The van der Waals surface area contributed by atoms with Gasteiger partial charge in [-0.25, -0.2) is 0 Å². The smallest absolute Gasteiger partial charge is 0.245 e. The summed E-state index contributed by atoms with van der Waals surface area (Å²) in [7, 11) is 0. The summed E-state index contributed by atoms with van der Waals surface area (Å²) in [6.07, 6.45) is 6.90. The van der Waals surface area contributed by atoms with E-state index in [0.29, 0.717) is 6.42 Å². The van der Waals surface area contributed by atoms with Crippen LogP contribution in [0.4, 0.5) is 0 Å². The molecule has 2 rings (SSSR count). The van der Waals surface area contributed by atoms with Gasteiger partial charge in [-0.05, 0) is 31.6 Å².